The summed E-state index contributed by atoms with van der Waals surface area (Å²) in [5.74, 6) is 0.924. The molecule has 1 fully saturated rings. The van der Waals surface area contributed by atoms with E-state index in [2.05, 4.69) is 10.3 Å². The average Bonchev–Trinajstić information content (AvgIpc) is 3.08. The van der Waals surface area contributed by atoms with Crippen LogP contribution in [0.25, 0.3) is 11.3 Å². The van der Waals surface area contributed by atoms with E-state index in [4.69, 9.17) is 16.0 Å². The first-order chi connectivity index (χ1) is 12.1. The summed E-state index contributed by atoms with van der Waals surface area (Å²) >= 11 is 6.16. The predicted octanol–water partition coefficient (Wildman–Crippen LogP) is 2.66. The lowest BCUT2D eigenvalue weighted by Gasteiger charge is -2.34. The zero-order chi connectivity index (χ0) is 17.8. The van der Waals surface area contributed by atoms with Crippen LogP contribution in [0.4, 0.5) is 0 Å². The lowest BCUT2D eigenvalue weighted by Crippen LogP contribution is -2.56. The lowest BCUT2D eigenvalue weighted by molar-refractivity contribution is -0.143. The maximum absolute atomic E-state index is 12.5. The number of halogens is 1. The number of nitrogens with zero attached hydrogens (tertiary/aromatic N) is 2. The molecule has 1 N–H and O–H groups in total. The molecule has 3 rings (SSSR count). The van der Waals surface area contributed by atoms with E-state index >= 15 is 0 Å². The molecule has 2 amide bonds. The van der Waals surface area contributed by atoms with Crippen LogP contribution in [0, 0.1) is 0 Å². The molecule has 25 heavy (non-hydrogen) atoms. The summed E-state index contributed by atoms with van der Waals surface area (Å²) in [4.78, 5) is 30.2. The van der Waals surface area contributed by atoms with Gasteiger partial charge in [0.25, 0.3) is 0 Å². The Morgan fingerprint density at radius 2 is 2.24 bits per heavy atom. The summed E-state index contributed by atoms with van der Waals surface area (Å²) in [6, 6.07) is 6.98. The Bertz CT molecular complexity index is 774. The van der Waals surface area contributed by atoms with Crippen molar-refractivity contribution in [1.82, 2.24) is 15.2 Å². The molecule has 7 heteroatoms. The number of piperazine rings is 1. The third-order valence-electron chi connectivity index (χ3n) is 4.28. The zero-order valence-corrected chi connectivity index (χ0v) is 14.8. The van der Waals surface area contributed by atoms with E-state index in [1.54, 1.807) is 17.2 Å². The minimum atomic E-state index is -0.385. The number of oxazole rings is 1. The molecule has 1 aromatic heterocycles. The maximum atomic E-state index is 12.5. The van der Waals surface area contributed by atoms with E-state index in [-0.39, 0.29) is 24.3 Å². The van der Waals surface area contributed by atoms with E-state index < -0.39 is 0 Å². The Kier molecular flexibility index (Phi) is 5.38. The molecule has 1 saturated heterocycles. The number of aromatic nitrogens is 1. The Hall–Kier alpha value is -2.34. The molecule has 1 aromatic carbocycles. The van der Waals surface area contributed by atoms with Gasteiger partial charge in [-0.1, -0.05) is 30.7 Å². The van der Waals surface area contributed by atoms with Crippen LogP contribution in [0.5, 0.6) is 0 Å². The molecule has 0 spiro atoms. The van der Waals surface area contributed by atoms with E-state index in [1.165, 1.54) is 0 Å². The number of hydrogen-bond acceptors (Lipinski definition) is 4. The Labute approximate surface area is 151 Å². The topological polar surface area (TPSA) is 75.4 Å². The number of aryl methyl sites for hydroxylation is 1. The van der Waals surface area contributed by atoms with Crippen molar-refractivity contribution in [3.05, 3.63) is 41.4 Å². The smallest absolute Gasteiger partial charge is 0.242 e. The van der Waals surface area contributed by atoms with Crippen molar-refractivity contribution >= 4 is 23.4 Å². The third kappa shape index (κ3) is 3.85. The summed E-state index contributed by atoms with van der Waals surface area (Å²) in [6.45, 7) is 2.94. The van der Waals surface area contributed by atoms with Crippen molar-refractivity contribution < 1.29 is 14.0 Å². The molecule has 0 bridgehead atoms. The molecule has 0 saturated carbocycles. The van der Waals surface area contributed by atoms with Crippen LogP contribution >= 0.6 is 11.6 Å². The largest absolute Gasteiger partial charge is 0.441 e. The van der Waals surface area contributed by atoms with Gasteiger partial charge in [0.2, 0.25) is 11.8 Å². The van der Waals surface area contributed by atoms with Crippen LogP contribution in [0.1, 0.15) is 25.7 Å². The third-order valence-corrected chi connectivity index (χ3v) is 4.61. The highest BCUT2D eigenvalue weighted by Crippen LogP contribution is 2.28. The normalized spacial score (nSPS) is 17.4. The maximum Gasteiger partial charge on any atom is 0.242 e. The average molecular weight is 362 g/mol. The molecule has 1 atom stereocenters. The van der Waals surface area contributed by atoms with E-state index in [0.717, 1.165) is 5.56 Å². The second-order valence-electron chi connectivity index (χ2n) is 5.90. The summed E-state index contributed by atoms with van der Waals surface area (Å²) in [5, 5.41) is 3.38. The van der Waals surface area contributed by atoms with Crippen molar-refractivity contribution in [2.75, 3.05) is 13.1 Å². The van der Waals surface area contributed by atoms with Gasteiger partial charge in [0, 0.05) is 31.5 Å². The highest BCUT2D eigenvalue weighted by atomic mass is 35.5. The standard InChI is InChI=1S/C18H20ClN3O3/c1-2-14-18(24)20-9-10-22(14)17(23)8-7-16-21-11-15(25-16)12-5-3-4-6-13(12)19/h3-6,11,14H,2,7-10H2,1H3,(H,20,24). The first-order valence-electron chi connectivity index (χ1n) is 8.37. The first-order valence-corrected chi connectivity index (χ1v) is 8.74. The van der Waals surface area contributed by atoms with E-state index in [1.807, 2.05) is 25.1 Å². The molecule has 1 aliphatic rings. The molecular weight excluding hydrogens is 342 g/mol. The number of amides is 2. The quantitative estimate of drug-likeness (QED) is 0.888. The molecule has 0 radical (unpaired) electrons. The van der Waals surface area contributed by atoms with Gasteiger partial charge in [0.05, 0.1) is 11.2 Å². The number of rotatable bonds is 5. The molecular formula is C18H20ClN3O3. The van der Waals surface area contributed by atoms with Gasteiger partial charge >= 0.3 is 0 Å². The van der Waals surface area contributed by atoms with Crippen LogP contribution < -0.4 is 5.32 Å². The highest BCUT2D eigenvalue weighted by Gasteiger charge is 2.31. The van der Waals surface area contributed by atoms with Gasteiger partial charge in [-0.25, -0.2) is 4.98 Å². The SMILES string of the molecule is CCC1C(=O)NCCN1C(=O)CCc1ncc(-c2ccccc2Cl)o1. The van der Waals surface area contributed by atoms with Gasteiger partial charge < -0.3 is 14.6 Å². The Morgan fingerprint density at radius 1 is 1.44 bits per heavy atom. The number of nitrogens with one attached hydrogen (secondary N) is 1. The van der Waals surface area contributed by atoms with Gasteiger partial charge in [0.1, 0.15) is 6.04 Å². The summed E-state index contributed by atoms with van der Waals surface area (Å²) in [6.07, 6.45) is 2.86. The van der Waals surface area contributed by atoms with Gasteiger partial charge in [-0.15, -0.1) is 0 Å². The molecule has 2 aromatic rings. The van der Waals surface area contributed by atoms with Gasteiger partial charge in [-0.2, -0.15) is 0 Å². The summed E-state index contributed by atoms with van der Waals surface area (Å²) in [7, 11) is 0. The molecule has 1 aliphatic heterocycles. The second kappa shape index (κ2) is 7.70. The fourth-order valence-electron chi connectivity index (χ4n) is 2.99. The van der Waals surface area contributed by atoms with Crippen molar-refractivity contribution in [2.45, 2.75) is 32.2 Å². The minimum Gasteiger partial charge on any atom is -0.441 e. The summed E-state index contributed by atoms with van der Waals surface area (Å²) in [5.41, 5.74) is 0.771. The molecule has 2 heterocycles. The van der Waals surface area contributed by atoms with Crippen molar-refractivity contribution in [2.24, 2.45) is 0 Å². The fourth-order valence-corrected chi connectivity index (χ4v) is 3.22. The van der Waals surface area contributed by atoms with Gasteiger partial charge in [-0.3, -0.25) is 9.59 Å². The van der Waals surface area contributed by atoms with Crippen LogP contribution in [0.2, 0.25) is 5.02 Å². The van der Waals surface area contributed by atoms with Crippen LogP contribution in [0.15, 0.2) is 34.9 Å². The molecule has 1 unspecified atom stereocenters. The summed E-state index contributed by atoms with van der Waals surface area (Å²) < 4.78 is 5.72. The zero-order valence-electron chi connectivity index (χ0n) is 14.0. The molecule has 6 nitrogen and oxygen atoms in total. The van der Waals surface area contributed by atoms with E-state index in [9.17, 15) is 9.59 Å². The highest BCUT2D eigenvalue weighted by molar-refractivity contribution is 6.33. The fraction of sp³-hybridized carbons (Fsp3) is 0.389. The monoisotopic (exact) mass is 361 g/mol. The van der Waals surface area contributed by atoms with Crippen LogP contribution in [0.3, 0.4) is 0 Å². The first kappa shape index (κ1) is 17.5. The van der Waals surface area contributed by atoms with Crippen molar-refractivity contribution in [3.8, 4) is 11.3 Å². The van der Waals surface area contributed by atoms with Gasteiger partial charge in [0.15, 0.2) is 11.7 Å². The predicted molar refractivity (Wildman–Crippen MR) is 94.1 cm³/mol. The van der Waals surface area contributed by atoms with Gasteiger partial charge in [-0.05, 0) is 18.6 Å². The van der Waals surface area contributed by atoms with Crippen LogP contribution in [-0.2, 0) is 16.0 Å². The Morgan fingerprint density at radius 3 is 3.00 bits per heavy atom. The number of carbonyl (C=O) groups excluding carboxylic acids is 2. The van der Waals surface area contributed by atoms with Crippen molar-refractivity contribution in [3.63, 3.8) is 0 Å². The lowest BCUT2D eigenvalue weighted by atomic mass is 10.1. The minimum absolute atomic E-state index is 0.0563. The number of hydrogen-bond donors (Lipinski definition) is 1. The van der Waals surface area contributed by atoms with Crippen LogP contribution in [-0.4, -0.2) is 40.8 Å². The number of benzene rings is 1. The van der Waals surface area contributed by atoms with Crippen molar-refractivity contribution in [1.29, 1.82) is 0 Å². The molecule has 0 aliphatic carbocycles. The van der Waals surface area contributed by atoms with E-state index in [0.29, 0.717) is 42.6 Å². The Balaban J connectivity index is 1.63. The molecule has 132 valence electrons. The second-order valence-corrected chi connectivity index (χ2v) is 6.31. The number of carbonyl (C=O) groups is 2.